The maximum Gasteiger partial charge on any atom is 0.333 e. The third-order valence-corrected chi connectivity index (χ3v) is 4.63. The molecule has 0 fully saturated rings. The Kier molecular flexibility index (Phi) is 12.4. The highest BCUT2D eigenvalue weighted by molar-refractivity contribution is 5.86. The molecule has 0 heterocycles. The lowest BCUT2D eigenvalue weighted by atomic mass is 9.93. The average molecular weight is 399 g/mol. The van der Waals surface area contributed by atoms with Crippen LogP contribution in [0.4, 0.5) is 0 Å². The lowest BCUT2D eigenvalue weighted by molar-refractivity contribution is -0.138. The van der Waals surface area contributed by atoms with Crippen molar-refractivity contribution >= 4 is 5.97 Å². The van der Waals surface area contributed by atoms with Crippen LogP contribution in [0, 0.1) is 11.8 Å². The van der Waals surface area contributed by atoms with Crippen molar-refractivity contribution in [3.05, 3.63) is 84.7 Å². The molecule has 29 heavy (non-hydrogen) atoms. The summed E-state index contributed by atoms with van der Waals surface area (Å²) in [6.45, 7) is 28.3. The quantitative estimate of drug-likeness (QED) is 0.138. The summed E-state index contributed by atoms with van der Waals surface area (Å²) in [7, 11) is 1.55. The molecule has 0 aromatic rings. The first-order valence-corrected chi connectivity index (χ1v) is 10.0. The first-order chi connectivity index (χ1) is 13.5. The van der Waals surface area contributed by atoms with Crippen LogP contribution in [-0.4, -0.2) is 19.7 Å². The fourth-order valence-electron chi connectivity index (χ4n) is 2.35. The Balaban J connectivity index is 4.98. The minimum absolute atomic E-state index is 0.208. The fourth-order valence-corrected chi connectivity index (χ4v) is 2.35. The van der Waals surface area contributed by atoms with Gasteiger partial charge in [0.15, 0.2) is 0 Å². The van der Waals surface area contributed by atoms with Crippen LogP contribution in [0.2, 0.25) is 0 Å². The van der Waals surface area contributed by atoms with Gasteiger partial charge in [-0.1, -0.05) is 77.8 Å². The molecule has 3 nitrogen and oxygen atoms in total. The zero-order valence-electron chi connectivity index (χ0n) is 19.0. The topological polar surface area (TPSA) is 35.5 Å². The molecule has 0 radical (unpaired) electrons. The summed E-state index contributed by atoms with van der Waals surface area (Å²) < 4.78 is 10.4. The van der Waals surface area contributed by atoms with Crippen molar-refractivity contribution in [2.24, 2.45) is 11.8 Å². The highest BCUT2D eigenvalue weighted by Gasteiger charge is 2.09. The summed E-state index contributed by atoms with van der Waals surface area (Å²) in [6, 6.07) is 0. The Bertz CT molecular complexity index is 701. The molecule has 1 unspecified atom stereocenters. The molecule has 0 saturated carbocycles. The first-order valence-electron chi connectivity index (χ1n) is 10.0. The third kappa shape index (κ3) is 11.1. The Morgan fingerprint density at radius 1 is 0.966 bits per heavy atom. The van der Waals surface area contributed by atoms with Gasteiger partial charge in [-0.15, -0.1) is 0 Å². The molecular formula is C26H38O3. The molecule has 160 valence electrons. The number of allylic oxidation sites excluding steroid dienone is 7. The lowest BCUT2D eigenvalue weighted by Crippen LogP contribution is -2.07. The van der Waals surface area contributed by atoms with Crippen LogP contribution in [-0.2, 0) is 14.3 Å². The van der Waals surface area contributed by atoms with Crippen LogP contribution in [0.1, 0.15) is 47.0 Å². The van der Waals surface area contributed by atoms with Gasteiger partial charge in [0, 0.05) is 12.0 Å². The second-order valence-corrected chi connectivity index (χ2v) is 7.79. The molecule has 0 amide bonds. The normalized spacial score (nSPS) is 12.6. The number of carbonyl (C=O) groups excluding carboxylic acids is 1. The second kappa shape index (κ2) is 13.6. The number of ether oxygens (including phenoxy) is 2. The Morgan fingerprint density at radius 2 is 1.59 bits per heavy atom. The van der Waals surface area contributed by atoms with Crippen LogP contribution in [0.25, 0.3) is 0 Å². The van der Waals surface area contributed by atoms with E-state index in [1.165, 1.54) is 6.42 Å². The molecule has 0 aliphatic carbocycles. The zero-order chi connectivity index (χ0) is 22.6. The molecule has 0 aliphatic rings. The maximum absolute atomic E-state index is 11.5. The molecule has 0 rings (SSSR count). The van der Waals surface area contributed by atoms with E-state index in [2.05, 4.69) is 53.7 Å². The van der Waals surface area contributed by atoms with Gasteiger partial charge in [-0.2, -0.15) is 0 Å². The third-order valence-electron chi connectivity index (χ3n) is 4.63. The van der Waals surface area contributed by atoms with Crippen LogP contribution in [0.15, 0.2) is 84.7 Å². The van der Waals surface area contributed by atoms with Gasteiger partial charge in [0.2, 0.25) is 0 Å². The summed E-state index contributed by atoms with van der Waals surface area (Å²) in [5.41, 5.74) is 3.76. The molecule has 0 aromatic heterocycles. The van der Waals surface area contributed by atoms with Gasteiger partial charge in [0.1, 0.15) is 5.76 Å². The van der Waals surface area contributed by atoms with Crippen LogP contribution >= 0.6 is 0 Å². The van der Waals surface area contributed by atoms with Crippen molar-refractivity contribution in [2.75, 3.05) is 13.7 Å². The molecule has 0 aliphatic heterocycles. The molecule has 0 N–H and O–H groups in total. The second-order valence-electron chi connectivity index (χ2n) is 7.79. The van der Waals surface area contributed by atoms with E-state index in [0.717, 1.165) is 28.7 Å². The smallest absolute Gasteiger partial charge is 0.333 e. The summed E-state index contributed by atoms with van der Waals surface area (Å²) in [4.78, 5) is 11.5. The number of methoxy groups -OCH3 is 1. The largest absolute Gasteiger partial charge is 0.497 e. The SMILES string of the molecule is C=C(C)C(=O)OCC/C(=C/C(=C)C(=C)/C=C\C(=C)C(C)CCC(C)C)C(=C)OC. The zero-order valence-corrected chi connectivity index (χ0v) is 19.0. The monoisotopic (exact) mass is 398 g/mol. The van der Waals surface area contributed by atoms with E-state index in [9.17, 15) is 4.79 Å². The Morgan fingerprint density at radius 3 is 2.10 bits per heavy atom. The van der Waals surface area contributed by atoms with E-state index in [1.807, 2.05) is 18.2 Å². The first kappa shape index (κ1) is 26.4. The number of carbonyl (C=O) groups is 1. The Labute approximate surface area is 177 Å². The highest BCUT2D eigenvalue weighted by atomic mass is 16.5. The van der Waals surface area contributed by atoms with Gasteiger partial charge in [-0.05, 0) is 48.0 Å². The molecular weight excluding hydrogens is 360 g/mol. The molecule has 1 atom stereocenters. The molecule has 3 heteroatoms. The van der Waals surface area contributed by atoms with E-state index in [4.69, 9.17) is 9.47 Å². The number of hydrogen-bond acceptors (Lipinski definition) is 3. The van der Waals surface area contributed by atoms with Crippen molar-refractivity contribution in [3.63, 3.8) is 0 Å². The van der Waals surface area contributed by atoms with Gasteiger partial charge >= 0.3 is 5.97 Å². The van der Waals surface area contributed by atoms with E-state index < -0.39 is 5.97 Å². The van der Waals surface area contributed by atoms with Crippen LogP contribution in [0.5, 0.6) is 0 Å². The molecule has 0 bridgehead atoms. The average Bonchev–Trinajstić information content (AvgIpc) is 2.67. The minimum Gasteiger partial charge on any atom is -0.497 e. The van der Waals surface area contributed by atoms with E-state index in [1.54, 1.807) is 14.0 Å². The summed E-state index contributed by atoms with van der Waals surface area (Å²) >= 11 is 0. The van der Waals surface area contributed by atoms with E-state index in [-0.39, 0.29) is 6.61 Å². The molecule has 0 spiro atoms. The maximum atomic E-state index is 11.5. The van der Waals surface area contributed by atoms with E-state index >= 15 is 0 Å². The van der Waals surface area contributed by atoms with E-state index in [0.29, 0.717) is 29.6 Å². The summed E-state index contributed by atoms with van der Waals surface area (Å²) in [5.74, 6) is 1.21. The standard InChI is InChI=1S/C26H38O3/c1-18(2)11-12-20(5)21(6)13-14-22(7)23(8)17-25(24(9)28-10)15-16-29-26(27)19(3)4/h13-14,17-18,20H,3,6-9,11-12,15-16H2,1-2,4-5,10H3/b14-13-,25-17-. The minimum atomic E-state index is -0.413. The van der Waals surface area contributed by atoms with Crippen LogP contribution in [0.3, 0.4) is 0 Å². The van der Waals surface area contributed by atoms with Crippen LogP contribution < -0.4 is 0 Å². The van der Waals surface area contributed by atoms with Gasteiger partial charge in [0.25, 0.3) is 0 Å². The number of rotatable bonds is 14. The number of esters is 1. The van der Waals surface area contributed by atoms with Gasteiger partial charge in [-0.3, -0.25) is 0 Å². The Hall–Kier alpha value is -2.55. The van der Waals surface area contributed by atoms with Crippen molar-refractivity contribution in [2.45, 2.75) is 47.0 Å². The predicted octanol–water partition coefficient (Wildman–Crippen LogP) is 6.88. The molecule has 0 saturated heterocycles. The lowest BCUT2D eigenvalue weighted by Gasteiger charge is -2.14. The van der Waals surface area contributed by atoms with Gasteiger partial charge in [-0.25, -0.2) is 4.79 Å². The highest BCUT2D eigenvalue weighted by Crippen LogP contribution is 2.22. The van der Waals surface area contributed by atoms with Gasteiger partial charge < -0.3 is 9.47 Å². The van der Waals surface area contributed by atoms with Crippen molar-refractivity contribution in [1.29, 1.82) is 0 Å². The molecule has 0 aromatic carbocycles. The fraction of sp³-hybridized carbons (Fsp3) is 0.423. The van der Waals surface area contributed by atoms with Crippen molar-refractivity contribution in [1.82, 2.24) is 0 Å². The van der Waals surface area contributed by atoms with Crippen molar-refractivity contribution < 1.29 is 14.3 Å². The summed E-state index contributed by atoms with van der Waals surface area (Å²) in [6.07, 6.45) is 8.56. The summed E-state index contributed by atoms with van der Waals surface area (Å²) in [5, 5.41) is 0. The predicted molar refractivity (Wildman–Crippen MR) is 124 cm³/mol. The van der Waals surface area contributed by atoms with Gasteiger partial charge in [0.05, 0.1) is 13.7 Å². The van der Waals surface area contributed by atoms with Crippen molar-refractivity contribution in [3.8, 4) is 0 Å². The number of hydrogen-bond donors (Lipinski definition) is 0.